The number of nitrogens with zero attached hydrogens (tertiary/aromatic N) is 2. The van der Waals surface area contributed by atoms with Gasteiger partial charge in [0.15, 0.2) is 5.76 Å². The van der Waals surface area contributed by atoms with E-state index in [2.05, 4.69) is 15.5 Å². The Hall–Kier alpha value is -2.66. The van der Waals surface area contributed by atoms with Gasteiger partial charge >= 0.3 is 0 Å². The van der Waals surface area contributed by atoms with Crippen molar-refractivity contribution in [2.75, 3.05) is 0 Å². The summed E-state index contributed by atoms with van der Waals surface area (Å²) in [7, 11) is 0. The largest absolute Gasteiger partial charge is 0.359 e. The van der Waals surface area contributed by atoms with Crippen LogP contribution in [0.3, 0.4) is 0 Å². The Morgan fingerprint density at radius 3 is 2.78 bits per heavy atom. The van der Waals surface area contributed by atoms with Crippen LogP contribution < -0.4 is 5.32 Å². The number of hydrogen-bond donors (Lipinski definition) is 1. The van der Waals surface area contributed by atoms with Gasteiger partial charge < -0.3 is 9.84 Å². The molecule has 2 aromatic heterocycles. The third-order valence-corrected chi connectivity index (χ3v) is 3.63. The Kier molecular flexibility index (Phi) is 4.39. The lowest BCUT2D eigenvalue weighted by Crippen LogP contribution is -2.23. The number of rotatable bonds is 4. The molecule has 0 saturated carbocycles. The zero-order valence-corrected chi connectivity index (χ0v) is 13.2. The fourth-order valence-corrected chi connectivity index (χ4v) is 2.28. The topological polar surface area (TPSA) is 68.0 Å². The molecule has 23 heavy (non-hydrogen) atoms. The zero-order valence-electron chi connectivity index (χ0n) is 12.4. The Labute approximate surface area is 138 Å². The van der Waals surface area contributed by atoms with Crippen LogP contribution in [0.2, 0.25) is 5.15 Å². The number of aryl methyl sites for hydroxylation is 1. The van der Waals surface area contributed by atoms with E-state index in [-0.39, 0.29) is 17.6 Å². The minimum atomic E-state index is -0.309. The maximum Gasteiger partial charge on any atom is 0.254 e. The highest BCUT2D eigenvalue weighted by Gasteiger charge is 2.12. The smallest absolute Gasteiger partial charge is 0.254 e. The van der Waals surface area contributed by atoms with Crippen molar-refractivity contribution in [1.29, 1.82) is 0 Å². The van der Waals surface area contributed by atoms with Crippen LogP contribution in [0.25, 0.3) is 11.3 Å². The highest BCUT2D eigenvalue weighted by molar-refractivity contribution is 6.32. The van der Waals surface area contributed by atoms with Gasteiger partial charge in [-0.3, -0.25) is 4.79 Å². The summed E-state index contributed by atoms with van der Waals surface area (Å²) in [5.74, 6) is 0.255. The van der Waals surface area contributed by atoms with Crippen LogP contribution in [-0.4, -0.2) is 16.0 Å². The number of pyridine rings is 1. The molecule has 0 bridgehead atoms. The lowest BCUT2D eigenvalue weighted by atomic mass is 10.1. The van der Waals surface area contributed by atoms with Gasteiger partial charge in [0, 0.05) is 17.8 Å². The van der Waals surface area contributed by atoms with E-state index < -0.39 is 0 Å². The molecule has 0 atom stereocenters. The highest BCUT2D eigenvalue weighted by atomic mass is 35.5. The van der Waals surface area contributed by atoms with E-state index >= 15 is 0 Å². The quantitative estimate of drug-likeness (QED) is 0.743. The molecule has 2 heterocycles. The predicted octanol–water partition coefficient (Wildman–Crippen LogP) is 3.63. The molecule has 0 unspecified atom stereocenters. The number of aromatic nitrogens is 2. The molecule has 116 valence electrons. The van der Waals surface area contributed by atoms with Gasteiger partial charge in [-0.25, -0.2) is 4.98 Å². The standard InChI is InChI=1S/C17H14ClN3O2/c1-11-4-6-12(7-5-11)15-9-13(23-21-15)10-20-17(22)14-3-2-8-19-16(14)18/h2-9H,10H2,1H3,(H,20,22). The molecule has 0 fully saturated rings. The minimum Gasteiger partial charge on any atom is -0.359 e. The molecule has 0 aliphatic heterocycles. The number of carbonyl (C=O) groups is 1. The number of nitrogens with one attached hydrogen (secondary N) is 1. The third-order valence-electron chi connectivity index (χ3n) is 3.33. The molecule has 0 saturated heterocycles. The molecule has 1 amide bonds. The molecule has 0 radical (unpaired) electrons. The summed E-state index contributed by atoms with van der Waals surface area (Å²) in [6.07, 6.45) is 1.53. The van der Waals surface area contributed by atoms with Gasteiger partial charge in [-0.15, -0.1) is 0 Å². The van der Waals surface area contributed by atoms with Crippen molar-refractivity contribution in [3.8, 4) is 11.3 Å². The van der Waals surface area contributed by atoms with Gasteiger partial charge in [0.2, 0.25) is 0 Å². The van der Waals surface area contributed by atoms with E-state index in [1.54, 1.807) is 18.2 Å². The van der Waals surface area contributed by atoms with Crippen LogP contribution in [0, 0.1) is 6.92 Å². The first-order valence-electron chi connectivity index (χ1n) is 7.05. The van der Waals surface area contributed by atoms with Gasteiger partial charge in [0.05, 0.1) is 12.1 Å². The molecule has 0 aliphatic rings. The number of carbonyl (C=O) groups excluding carboxylic acids is 1. The van der Waals surface area contributed by atoms with Crippen molar-refractivity contribution in [2.24, 2.45) is 0 Å². The predicted molar refractivity (Wildman–Crippen MR) is 87.1 cm³/mol. The van der Waals surface area contributed by atoms with E-state index in [1.165, 1.54) is 11.8 Å². The summed E-state index contributed by atoms with van der Waals surface area (Å²) in [4.78, 5) is 15.9. The molecule has 1 N–H and O–H groups in total. The summed E-state index contributed by atoms with van der Waals surface area (Å²) in [5.41, 5.74) is 3.20. The van der Waals surface area contributed by atoms with Crippen LogP contribution in [0.4, 0.5) is 0 Å². The van der Waals surface area contributed by atoms with E-state index in [0.717, 1.165) is 11.3 Å². The SMILES string of the molecule is Cc1ccc(-c2cc(CNC(=O)c3cccnc3Cl)on2)cc1. The van der Waals surface area contributed by atoms with Crippen LogP contribution >= 0.6 is 11.6 Å². The molecule has 0 aliphatic carbocycles. The van der Waals surface area contributed by atoms with Crippen LogP contribution in [-0.2, 0) is 6.54 Å². The number of hydrogen-bond acceptors (Lipinski definition) is 4. The van der Waals surface area contributed by atoms with E-state index in [4.69, 9.17) is 16.1 Å². The van der Waals surface area contributed by atoms with Gasteiger partial charge in [-0.2, -0.15) is 0 Å². The van der Waals surface area contributed by atoms with Crippen molar-refractivity contribution in [3.05, 3.63) is 70.7 Å². The van der Waals surface area contributed by atoms with Crippen LogP contribution in [0.15, 0.2) is 53.2 Å². The van der Waals surface area contributed by atoms with Crippen molar-refractivity contribution < 1.29 is 9.32 Å². The summed E-state index contributed by atoms with van der Waals surface area (Å²) < 4.78 is 5.25. The molecule has 5 nitrogen and oxygen atoms in total. The third kappa shape index (κ3) is 3.57. The summed E-state index contributed by atoms with van der Waals surface area (Å²) in [5, 5.41) is 6.92. The Bertz CT molecular complexity index is 828. The lowest BCUT2D eigenvalue weighted by Gasteiger charge is -2.03. The van der Waals surface area contributed by atoms with Gasteiger partial charge in [-0.1, -0.05) is 46.6 Å². The molecule has 1 aromatic carbocycles. The second kappa shape index (κ2) is 6.62. The molecule has 3 rings (SSSR count). The fourth-order valence-electron chi connectivity index (χ4n) is 2.07. The number of halogens is 1. The lowest BCUT2D eigenvalue weighted by molar-refractivity contribution is 0.0947. The van der Waals surface area contributed by atoms with E-state index in [0.29, 0.717) is 11.3 Å². The summed E-state index contributed by atoms with van der Waals surface area (Å²) >= 11 is 5.89. The van der Waals surface area contributed by atoms with E-state index in [1.807, 2.05) is 31.2 Å². The molecule has 0 spiro atoms. The molecule has 6 heteroatoms. The second-order valence-corrected chi connectivity index (χ2v) is 5.43. The molecular weight excluding hydrogens is 314 g/mol. The van der Waals surface area contributed by atoms with Gasteiger partial charge in [0.25, 0.3) is 5.91 Å². The van der Waals surface area contributed by atoms with E-state index in [9.17, 15) is 4.79 Å². The Morgan fingerprint density at radius 2 is 2.04 bits per heavy atom. The average molecular weight is 328 g/mol. The maximum absolute atomic E-state index is 12.1. The molecular formula is C17H14ClN3O2. The van der Waals surface area contributed by atoms with Crippen LogP contribution in [0.1, 0.15) is 21.7 Å². The normalized spacial score (nSPS) is 10.5. The first-order chi connectivity index (χ1) is 11.1. The Morgan fingerprint density at radius 1 is 1.26 bits per heavy atom. The first kappa shape index (κ1) is 15.2. The minimum absolute atomic E-state index is 0.169. The maximum atomic E-state index is 12.1. The van der Waals surface area contributed by atoms with Crippen LogP contribution in [0.5, 0.6) is 0 Å². The summed E-state index contributed by atoms with van der Waals surface area (Å²) in [6.45, 7) is 2.25. The second-order valence-electron chi connectivity index (χ2n) is 5.07. The Balaban J connectivity index is 1.67. The summed E-state index contributed by atoms with van der Waals surface area (Å²) in [6, 6.07) is 13.0. The van der Waals surface area contributed by atoms with Gasteiger partial charge in [0.1, 0.15) is 10.8 Å². The fraction of sp³-hybridized carbons (Fsp3) is 0.118. The van der Waals surface area contributed by atoms with Gasteiger partial charge in [-0.05, 0) is 19.1 Å². The van der Waals surface area contributed by atoms with Crippen molar-refractivity contribution in [3.63, 3.8) is 0 Å². The first-order valence-corrected chi connectivity index (χ1v) is 7.42. The molecule has 3 aromatic rings. The van der Waals surface area contributed by atoms with Crippen molar-refractivity contribution >= 4 is 17.5 Å². The number of benzene rings is 1. The van der Waals surface area contributed by atoms with Crippen molar-refractivity contribution in [1.82, 2.24) is 15.5 Å². The van der Waals surface area contributed by atoms with Crippen molar-refractivity contribution in [2.45, 2.75) is 13.5 Å². The average Bonchev–Trinajstić information content (AvgIpc) is 3.03. The monoisotopic (exact) mass is 327 g/mol. The highest BCUT2D eigenvalue weighted by Crippen LogP contribution is 2.19. The number of amides is 1. The zero-order chi connectivity index (χ0) is 16.2.